The summed E-state index contributed by atoms with van der Waals surface area (Å²) in [5, 5.41) is 20.3. The Kier molecular flexibility index (Phi) is 5.41. The molecule has 0 aliphatic carbocycles. The Morgan fingerprint density at radius 3 is 2.89 bits per heavy atom. The van der Waals surface area contributed by atoms with Crippen molar-refractivity contribution in [1.29, 1.82) is 0 Å². The molecular weight excluding hydrogens is 236 g/mol. The lowest BCUT2D eigenvalue weighted by molar-refractivity contribution is 0.0799. The minimum absolute atomic E-state index is 0.0320. The SMILES string of the molecule is CCOc1c(N)cccc1C(=O)NCC(O)CO. The molecule has 0 heterocycles. The fourth-order valence-corrected chi connectivity index (χ4v) is 1.41. The Morgan fingerprint density at radius 2 is 2.28 bits per heavy atom. The summed E-state index contributed by atoms with van der Waals surface area (Å²) in [7, 11) is 0. The number of aliphatic hydroxyl groups excluding tert-OH is 2. The Labute approximate surface area is 105 Å². The molecule has 0 saturated heterocycles. The van der Waals surface area contributed by atoms with E-state index in [1.54, 1.807) is 25.1 Å². The van der Waals surface area contributed by atoms with Crippen LogP contribution in [0.15, 0.2) is 18.2 Å². The first-order valence-electron chi connectivity index (χ1n) is 5.68. The van der Waals surface area contributed by atoms with Gasteiger partial charge in [-0.05, 0) is 19.1 Å². The summed E-state index contributed by atoms with van der Waals surface area (Å²) >= 11 is 0. The maximum absolute atomic E-state index is 11.9. The van der Waals surface area contributed by atoms with Gasteiger partial charge in [-0.3, -0.25) is 4.79 Å². The van der Waals surface area contributed by atoms with E-state index in [1.165, 1.54) is 0 Å². The van der Waals surface area contributed by atoms with Gasteiger partial charge in [0, 0.05) is 6.54 Å². The number of nitrogen functional groups attached to an aromatic ring is 1. The predicted octanol–water partition coefficient (Wildman–Crippen LogP) is -0.249. The molecule has 0 fully saturated rings. The van der Waals surface area contributed by atoms with Crippen LogP contribution in [0.5, 0.6) is 5.75 Å². The third-order valence-electron chi connectivity index (χ3n) is 2.29. The summed E-state index contributed by atoms with van der Waals surface area (Å²) in [5.41, 5.74) is 6.42. The van der Waals surface area contributed by atoms with Gasteiger partial charge in [0.2, 0.25) is 0 Å². The zero-order valence-electron chi connectivity index (χ0n) is 10.2. The second-order valence-electron chi connectivity index (χ2n) is 3.70. The highest BCUT2D eigenvalue weighted by Gasteiger charge is 2.15. The van der Waals surface area contributed by atoms with E-state index >= 15 is 0 Å². The smallest absolute Gasteiger partial charge is 0.255 e. The summed E-state index contributed by atoms with van der Waals surface area (Å²) in [6.45, 7) is 1.75. The van der Waals surface area contributed by atoms with E-state index in [-0.39, 0.29) is 6.54 Å². The standard InChI is InChI=1S/C12H18N2O4/c1-2-18-11-9(4-3-5-10(11)13)12(17)14-6-8(16)7-15/h3-5,8,15-16H,2,6-7,13H2,1H3,(H,14,17). The number of rotatable bonds is 6. The van der Waals surface area contributed by atoms with Crippen LogP contribution in [-0.4, -0.2) is 42.0 Å². The van der Waals surface area contributed by atoms with Crippen molar-refractivity contribution in [3.63, 3.8) is 0 Å². The number of nitrogens with two attached hydrogens (primary N) is 1. The van der Waals surface area contributed by atoms with E-state index in [2.05, 4.69) is 5.32 Å². The lowest BCUT2D eigenvalue weighted by Gasteiger charge is -2.13. The molecule has 1 aromatic rings. The molecule has 0 saturated carbocycles. The molecule has 1 amide bonds. The molecule has 0 aromatic heterocycles. The molecule has 0 radical (unpaired) electrons. The average Bonchev–Trinajstić information content (AvgIpc) is 2.38. The number of nitrogens with one attached hydrogen (secondary N) is 1. The van der Waals surface area contributed by atoms with E-state index < -0.39 is 18.6 Å². The number of hydrogen-bond acceptors (Lipinski definition) is 5. The number of carbonyl (C=O) groups excluding carboxylic acids is 1. The highest BCUT2D eigenvalue weighted by molar-refractivity contribution is 5.98. The van der Waals surface area contributed by atoms with Crippen LogP contribution in [0.4, 0.5) is 5.69 Å². The van der Waals surface area contributed by atoms with Crippen molar-refractivity contribution in [2.24, 2.45) is 0 Å². The molecule has 1 aromatic carbocycles. The number of amides is 1. The minimum Gasteiger partial charge on any atom is -0.491 e. The highest BCUT2D eigenvalue weighted by Crippen LogP contribution is 2.26. The molecule has 1 rings (SSSR count). The molecule has 0 bridgehead atoms. The van der Waals surface area contributed by atoms with E-state index in [4.69, 9.17) is 20.7 Å². The summed E-state index contributed by atoms with van der Waals surface area (Å²) in [6.07, 6.45) is -0.981. The van der Waals surface area contributed by atoms with E-state index in [0.717, 1.165) is 0 Å². The second-order valence-corrected chi connectivity index (χ2v) is 3.70. The summed E-state index contributed by atoms with van der Waals surface area (Å²) in [6, 6.07) is 4.88. The molecule has 0 aliphatic rings. The van der Waals surface area contributed by atoms with Gasteiger partial charge in [-0.25, -0.2) is 0 Å². The molecule has 6 heteroatoms. The largest absolute Gasteiger partial charge is 0.491 e. The zero-order chi connectivity index (χ0) is 13.5. The average molecular weight is 254 g/mol. The monoisotopic (exact) mass is 254 g/mol. The summed E-state index contributed by atoms with van der Waals surface area (Å²) in [5.74, 6) is -0.0748. The van der Waals surface area contributed by atoms with Crippen molar-refractivity contribution in [2.75, 3.05) is 25.5 Å². The molecule has 100 valence electrons. The second kappa shape index (κ2) is 6.83. The third-order valence-corrected chi connectivity index (χ3v) is 2.29. The van der Waals surface area contributed by atoms with Gasteiger partial charge < -0.3 is 26.0 Å². The van der Waals surface area contributed by atoms with Crippen LogP contribution in [0, 0.1) is 0 Å². The van der Waals surface area contributed by atoms with Gasteiger partial charge in [-0.1, -0.05) is 6.07 Å². The van der Waals surface area contributed by atoms with Gasteiger partial charge >= 0.3 is 0 Å². The molecule has 1 unspecified atom stereocenters. The Hall–Kier alpha value is -1.79. The zero-order valence-corrected chi connectivity index (χ0v) is 10.2. The predicted molar refractivity (Wildman–Crippen MR) is 67.4 cm³/mol. The Morgan fingerprint density at radius 1 is 1.56 bits per heavy atom. The quantitative estimate of drug-likeness (QED) is 0.524. The van der Waals surface area contributed by atoms with E-state index in [0.29, 0.717) is 23.6 Å². The minimum atomic E-state index is -0.981. The normalized spacial score (nSPS) is 11.9. The maximum Gasteiger partial charge on any atom is 0.255 e. The molecule has 6 nitrogen and oxygen atoms in total. The van der Waals surface area contributed by atoms with Crippen molar-refractivity contribution in [3.8, 4) is 5.75 Å². The molecule has 0 spiro atoms. The van der Waals surface area contributed by atoms with Gasteiger partial charge in [0.1, 0.15) is 0 Å². The van der Waals surface area contributed by atoms with Crippen molar-refractivity contribution in [3.05, 3.63) is 23.8 Å². The number of aliphatic hydroxyl groups is 2. The fourth-order valence-electron chi connectivity index (χ4n) is 1.41. The number of anilines is 1. The van der Waals surface area contributed by atoms with Gasteiger partial charge in [-0.15, -0.1) is 0 Å². The molecule has 18 heavy (non-hydrogen) atoms. The van der Waals surface area contributed by atoms with Crippen LogP contribution in [0.1, 0.15) is 17.3 Å². The van der Waals surface area contributed by atoms with E-state index in [9.17, 15) is 4.79 Å². The molecule has 5 N–H and O–H groups in total. The van der Waals surface area contributed by atoms with Crippen LogP contribution in [-0.2, 0) is 0 Å². The van der Waals surface area contributed by atoms with Gasteiger partial charge in [0.25, 0.3) is 5.91 Å². The summed E-state index contributed by atoms with van der Waals surface area (Å²) < 4.78 is 5.32. The number of benzene rings is 1. The fraction of sp³-hybridized carbons (Fsp3) is 0.417. The van der Waals surface area contributed by atoms with Crippen LogP contribution in [0.2, 0.25) is 0 Å². The number of carbonyl (C=O) groups is 1. The first-order valence-corrected chi connectivity index (χ1v) is 5.68. The van der Waals surface area contributed by atoms with Gasteiger partial charge in [0.15, 0.2) is 5.75 Å². The van der Waals surface area contributed by atoms with E-state index in [1.807, 2.05) is 0 Å². The van der Waals surface area contributed by atoms with Crippen molar-refractivity contribution in [2.45, 2.75) is 13.0 Å². The third kappa shape index (κ3) is 3.61. The first-order chi connectivity index (χ1) is 8.60. The van der Waals surface area contributed by atoms with Crippen molar-refractivity contribution < 1.29 is 19.7 Å². The van der Waals surface area contributed by atoms with Crippen LogP contribution in [0.3, 0.4) is 0 Å². The van der Waals surface area contributed by atoms with Crippen molar-refractivity contribution >= 4 is 11.6 Å². The van der Waals surface area contributed by atoms with Crippen LogP contribution in [0.25, 0.3) is 0 Å². The number of ether oxygens (including phenoxy) is 1. The lowest BCUT2D eigenvalue weighted by Crippen LogP contribution is -2.34. The first kappa shape index (κ1) is 14.3. The molecule has 0 aliphatic heterocycles. The Balaban J connectivity index is 2.81. The highest BCUT2D eigenvalue weighted by atomic mass is 16.5. The van der Waals surface area contributed by atoms with Crippen LogP contribution < -0.4 is 15.8 Å². The van der Waals surface area contributed by atoms with Gasteiger partial charge in [0.05, 0.1) is 30.6 Å². The number of hydrogen-bond donors (Lipinski definition) is 4. The molecular formula is C12H18N2O4. The Bertz CT molecular complexity index is 409. The topological polar surface area (TPSA) is 105 Å². The van der Waals surface area contributed by atoms with Gasteiger partial charge in [-0.2, -0.15) is 0 Å². The summed E-state index contributed by atoms with van der Waals surface area (Å²) in [4.78, 5) is 11.9. The maximum atomic E-state index is 11.9. The van der Waals surface area contributed by atoms with Crippen LogP contribution >= 0.6 is 0 Å². The lowest BCUT2D eigenvalue weighted by atomic mass is 10.1. The molecule has 1 atom stereocenters. The van der Waals surface area contributed by atoms with Crippen molar-refractivity contribution in [1.82, 2.24) is 5.32 Å². The number of para-hydroxylation sites is 1.